The average Bonchev–Trinajstić information content (AvgIpc) is 3.13. The monoisotopic (exact) mass is 664 g/mol. The van der Waals surface area contributed by atoms with Gasteiger partial charge in [0.1, 0.15) is 12.6 Å². The quantitative estimate of drug-likeness (QED) is 0.275. The molecule has 4 rings (SSSR count). The van der Waals surface area contributed by atoms with Gasteiger partial charge in [-0.1, -0.05) is 64.5 Å². The van der Waals surface area contributed by atoms with Gasteiger partial charge in [0, 0.05) is 19.3 Å². The van der Waals surface area contributed by atoms with Crippen LogP contribution in [0.2, 0.25) is 0 Å². The van der Waals surface area contributed by atoms with E-state index in [0.29, 0.717) is 14.6 Å². The summed E-state index contributed by atoms with van der Waals surface area (Å²) >= 11 is 10.1. The fourth-order valence-electron chi connectivity index (χ4n) is 4.04. The molecule has 1 unspecified atom stereocenters. The Balaban J connectivity index is 1.45. The molecule has 0 saturated heterocycles. The van der Waals surface area contributed by atoms with E-state index in [2.05, 4.69) is 58.4 Å². The number of hydrogen-bond donors (Lipinski definition) is 3. The second-order valence-electron chi connectivity index (χ2n) is 7.85. The number of ether oxygens (including phenoxy) is 1. The minimum atomic E-state index is -1.34. The highest BCUT2D eigenvalue weighted by Crippen LogP contribution is 2.44. The van der Waals surface area contributed by atoms with Crippen molar-refractivity contribution in [2.45, 2.75) is 18.4 Å². The van der Waals surface area contributed by atoms with Gasteiger partial charge < -0.3 is 20.5 Å². The van der Waals surface area contributed by atoms with E-state index in [1.54, 1.807) is 12.1 Å². The van der Waals surface area contributed by atoms with E-state index in [9.17, 15) is 19.5 Å². The predicted octanol–water partition coefficient (Wildman–Crippen LogP) is 6.29. The molecule has 1 atom stereocenters. The van der Waals surface area contributed by atoms with Gasteiger partial charge in [0.2, 0.25) is 5.91 Å². The molecular formula is C25H19Br3N2O5. The number of carboxylic acids is 1. The zero-order valence-electron chi connectivity index (χ0n) is 18.1. The maximum absolute atomic E-state index is 12.9. The van der Waals surface area contributed by atoms with Crippen LogP contribution in [0.3, 0.4) is 0 Å². The number of carboxylic acid groups (broad SMARTS) is 1. The summed E-state index contributed by atoms with van der Waals surface area (Å²) in [7, 11) is 0. The summed E-state index contributed by atoms with van der Waals surface area (Å²) in [5, 5.41) is 14.3. The number of nitrogens with one attached hydrogen (secondary N) is 2. The molecule has 0 radical (unpaired) electrons. The normalized spacial score (nSPS) is 12.9. The molecule has 2 amide bonds. The Hall–Kier alpha value is -2.69. The van der Waals surface area contributed by atoms with Crippen molar-refractivity contribution in [2.75, 3.05) is 11.9 Å². The zero-order valence-corrected chi connectivity index (χ0v) is 22.8. The van der Waals surface area contributed by atoms with Crippen molar-refractivity contribution < 1.29 is 24.2 Å². The lowest BCUT2D eigenvalue weighted by Crippen LogP contribution is -2.45. The molecule has 3 aromatic carbocycles. The van der Waals surface area contributed by atoms with Crippen molar-refractivity contribution in [3.63, 3.8) is 0 Å². The average molecular weight is 667 g/mol. The third-order valence-electron chi connectivity index (χ3n) is 5.59. The molecule has 0 saturated carbocycles. The van der Waals surface area contributed by atoms with Crippen LogP contribution in [0.1, 0.15) is 23.5 Å². The fraction of sp³-hybridized carbons (Fsp3) is 0.160. The van der Waals surface area contributed by atoms with Crippen LogP contribution in [-0.2, 0) is 14.3 Å². The number of carbonyl (C=O) groups is 3. The second-order valence-corrected chi connectivity index (χ2v) is 10.5. The van der Waals surface area contributed by atoms with Crippen LogP contribution in [0.5, 0.6) is 0 Å². The van der Waals surface area contributed by atoms with Gasteiger partial charge in [-0.2, -0.15) is 0 Å². The van der Waals surface area contributed by atoms with Gasteiger partial charge in [0.15, 0.2) is 0 Å². The standard InChI is InChI=1S/C25H19Br3N2O5/c26-13-9-19(27)23(20(28)10-13)30-24(33)21(11-22(31)32)29-25(34)35-12-18-16-7-3-1-5-14(16)15-6-2-4-8-17(15)18/h1-10,18,21H,11-12H2,(H,29,34)(H,30,33)(H,31,32). The Labute approximate surface area is 226 Å². The second kappa shape index (κ2) is 10.9. The molecule has 1 aliphatic carbocycles. The first kappa shape index (κ1) is 25.4. The van der Waals surface area contributed by atoms with Crippen LogP contribution in [0.4, 0.5) is 10.5 Å². The Kier molecular flexibility index (Phi) is 7.93. The molecule has 10 heteroatoms. The molecule has 3 N–H and O–H groups in total. The first-order valence-corrected chi connectivity index (χ1v) is 12.9. The highest BCUT2D eigenvalue weighted by atomic mass is 79.9. The first-order chi connectivity index (χ1) is 16.7. The largest absolute Gasteiger partial charge is 0.481 e. The van der Waals surface area contributed by atoms with Crippen LogP contribution in [0.15, 0.2) is 74.1 Å². The Morgan fingerprint density at radius 2 is 1.46 bits per heavy atom. The van der Waals surface area contributed by atoms with Crippen molar-refractivity contribution >= 4 is 71.4 Å². The summed E-state index contributed by atoms with van der Waals surface area (Å²) in [6.07, 6.45) is -1.48. The number of rotatable bonds is 7. The van der Waals surface area contributed by atoms with Crippen LogP contribution in [0.25, 0.3) is 11.1 Å². The molecule has 0 fully saturated rings. The molecule has 0 aromatic heterocycles. The number of benzene rings is 3. The molecule has 3 aromatic rings. The smallest absolute Gasteiger partial charge is 0.407 e. The number of hydrogen-bond acceptors (Lipinski definition) is 4. The third-order valence-corrected chi connectivity index (χ3v) is 7.29. The van der Waals surface area contributed by atoms with E-state index in [4.69, 9.17) is 4.74 Å². The summed E-state index contributed by atoms with van der Waals surface area (Å²) in [6.45, 7) is 0.0467. The molecule has 0 heterocycles. The number of alkyl carbamates (subject to hydrolysis) is 1. The van der Waals surface area contributed by atoms with Crippen molar-refractivity contribution in [1.82, 2.24) is 5.32 Å². The molecule has 0 bridgehead atoms. The minimum Gasteiger partial charge on any atom is -0.481 e. The van der Waals surface area contributed by atoms with E-state index in [1.165, 1.54) is 0 Å². The maximum atomic E-state index is 12.9. The predicted molar refractivity (Wildman–Crippen MR) is 142 cm³/mol. The Bertz CT molecular complexity index is 1250. The molecule has 0 spiro atoms. The van der Waals surface area contributed by atoms with Crippen molar-refractivity contribution in [1.29, 1.82) is 0 Å². The van der Waals surface area contributed by atoms with Gasteiger partial charge in [-0.25, -0.2) is 4.79 Å². The van der Waals surface area contributed by atoms with Crippen molar-refractivity contribution in [2.24, 2.45) is 0 Å². The molecule has 0 aliphatic heterocycles. The summed E-state index contributed by atoms with van der Waals surface area (Å²) in [5.41, 5.74) is 4.68. The summed E-state index contributed by atoms with van der Waals surface area (Å²) in [6, 6.07) is 18.0. The maximum Gasteiger partial charge on any atom is 0.407 e. The van der Waals surface area contributed by atoms with Gasteiger partial charge in [-0.15, -0.1) is 0 Å². The lowest BCUT2D eigenvalue weighted by molar-refractivity contribution is -0.139. The van der Waals surface area contributed by atoms with Gasteiger partial charge in [0.05, 0.1) is 12.1 Å². The number of fused-ring (bicyclic) bond motifs is 3. The van der Waals surface area contributed by atoms with Crippen LogP contribution >= 0.6 is 47.8 Å². The van der Waals surface area contributed by atoms with E-state index >= 15 is 0 Å². The number of halogens is 3. The molecule has 1 aliphatic rings. The van der Waals surface area contributed by atoms with E-state index in [1.807, 2.05) is 48.5 Å². The molecular weight excluding hydrogens is 648 g/mol. The topological polar surface area (TPSA) is 105 Å². The van der Waals surface area contributed by atoms with Crippen LogP contribution in [0, 0.1) is 0 Å². The van der Waals surface area contributed by atoms with E-state index < -0.39 is 30.4 Å². The van der Waals surface area contributed by atoms with E-state index in [-0.39, 0.29) is 12.5 Å². The number of aliphatic carboxylic acids is 1. The Morgan fingerprint density at radius 3 is 2.00 bits per heavy atom. The van der Waals surface area contributed by atoms with Crippen molar-refractivity contribution in [3.8, 4) is 11.1 Å². The van der Waals surface area contributed by atoms with Crippen LogP contribution in [-0.4, -0.2) is 35.7 Å². The van der Waals surface area contributed by atoms with Crippen molar-refractivity contribution in [3.05, 3.63) is 85.2 Å². The number of carbonyl (C=O) groups excluding carboxylic acids is 2. The summed E-state index contributed by atoms with van der Waals surface area (Å²) < 4.78 is 7.38. The zero-order chi connectivity index (χ0) is 25.1. The summed E-state index contributed by atoms with van der Waals surface area (Å²) in [5.74, 6) is -2.09. The number of amides is 2. The first-order valence-electron chi connectivity index (χ1n) is 10.5. The molecule has 35 heavy (non-hydrogen) atoms. The van der Waals surface area contributed by atoms with Crippen LogP contribution < -0.4 is 10.6 Å². The lowest BCUT2D eigenvalue weighted by atomic mass is 9.98. The highest BCUT2D eigenvalue weighted by molar-refractivity contribution is 9.11. The lowest BCUT2D eigenvalue weighted by Gasteiger charge is -2.19. The van der Waals surface area contributed by atoms with E-state index in [0.717, 1.165) is 26.7 Å². The summed E-state index contributed by atoms with van der Waals surface area (Å²) in [4.78, 5) is 36.9. The van der Waals surface area contributed by atoms with Gasteiger partial charge in [-0.05, 0) is 66.2 Å². The highest BCUT2D eigenvalue weighted by Gasteiger charge is 2.30. The third kappa shape index (κ3) is 5.76. The SMILES string of the molecule is O=C(O)CC(NC(=O)OCC1c2ccccc2-c2ccccc21)C(=O)Nc1c(Br)cc(Br)cc1Br. The minimum absolute atomic E-state index is 0.0467. The fourth-order valence-corrected chi connectivity index (χ4v) is 6.50. The molecule has 7 nitrogen and oxygen atoms in total. The van der Waals surface area contributed by atoms with Gasteiger partial charge in [0.25, 0.3) is 0 Å². The number of anilines is 1. The van der Waals surface area contributed by atoms with Gasteiger partial charge in [-0.3, -0.25) is 9.59 Å². The van der Waals surface area contributed by atoms with Gasteiger partial charge >= 0.3 is 12.1 Å². The molecule has 180 valence electrons. The Morgan fingerprint density at radius 1 is 0.914 bits per heavy atom.